The van der Waals surface area contributed by atoms with E-state index in [1.54, 1.807) is 24.3 Å². The molecule has 1 aromatic carbocycles. The lowest BCUT2D eigenvalue weighted by molar-refractivity contribution is 0.103. The molecule has 0 radical (unpaired) electrons. The summed E-state index contributed by atoms with van der Waals surface area (Å²) in [6, 6.07) is 12.3. The highest BCUT2D eigenvalue weighted by molar-refractivity contribution is 9.10. The lowest BCUT2D eigenvalue weighted by Crippen LogP contribution is -2.03. The zero-order chi connectivity index (χ0) is 11.5. The molecule has 0 aliphatic rings. The van der Waals surface area contributed by atoms with Crippen molar-refractivity contribution in [3.8, 4) is 0 Å². The fourth-order valence-corrected chi connectivity index (χ4v) is 1.66. The third-order valence-electron chi connectivity index (χ3n) is 2.07. The maximum absolute atomic E-state index is 12.0. The van der Waals surface area contributed by atoms with Gasteiger partial charge in [0.1, 0.15) is 10.8 Å². The summed E-state index contributed by atoms with van der Waals surface area (Å²) in [7, 11) is 0. The van der Waals surface area contributed by atoms with E-state index >= 15 is 0 Å². The van der Waals surface area contributed by atoms with Crippen molar-refractivity contribution in [1.82, 2.24) is 4.98 Å². The highest BCUT2D eigenvalue weighted by Gasteiger charge is 2.11. The van der Waals surface area contributed by atoms with Crippen LogP contribution in [0.15, 0.2) is 46.9 Å². The molecule has 16 heavy (non-hydrogen) atoms. The van der Waals surface area contributed by atoms with Gasteiger partial charge in [-0.15, -0.1) is 0 Å². The molecule has 0 amide bonds. The van der Waals surface area contributed by atoms with Crippen molar-refractivity contribution in [3.63, 3.8) is 0 Å². The van der Waals surface area contributed by atoms with Gasteiger partial charge in [0, 0.05) is 5.56 Å². The molecule has 2 nitrogen and oxygen atoms in total. The molecule has 0 spiro atoms. The van der Waals surface area contributed by atoms with Gasteiger partial charge < -0.3 is 0 Å². The van der Waals surface area contributed by atoms with Crippen molar-refractivity contribution in [3.05, 3.63) is 63.3 Å². The Kier molecular flexibility index (Phi) is 3.36. The van der Waals surface area contributed by atoms with E-state index in [0.29, 0.717) is 20.9 Å². The van der Waals surface area contributed by atoms with E-state index < -0.39 is 0 Å². The zero-order valence-electron chi connectivity index (χ0n) is 8.15. The van der Waals surface area contributed by atoms with Gasteiger partial charge in [0.05, 0.1) is 4.47 Å². The van der Waals surface area contributed by atoms with E-state index in [4.69, 9.17) is 11.6 Å². The minimum Gasteiger partial charge on any atom is -0.287 e. The molecule has 0 bridgehead atoms. The molecule has 1 aromatic heterocycles. The molecule has 4 heteroatoms. The van der Waals surface area contributed by atoms with Crippen molar-refractivity contribution >= 4 is 33.3 Å². The largest absolute Gasteiger partial charge is 0.287 e. The van der Waals surface area contributed by atoms with Crippen LogP contribution in [-0.2, 0) is 0 Å². The van der Waals surface area contributed by atoms with Gasteiger partial charge in [0.2, 0.25) is 5.78 Å². The van der Waals surface area contributed by atoms with Crippen molar-refractivity contribution in [2.45, 2.75) is 0 Å². The predicted octanol–water partition coefficient (Wildman–Crippen LogP) is 3.73. The number of benzene rings is 1. The van der Waals surface area contributed by atoms with Gasteiger partial charge in [0.25, 0.3) is 0 Å². The van der Waals surface area contributed by atoms with E-state index in [-0.39, 0.29) is 5.78 Å². The van der Waals surface area contributed by atoms with Crippen molar-refractivity contribution < 1.29 is 4.79 Å². The van der Waals surface area contributed by atoms with E-state index in [9.17, 15) is 4.79 Å². The second-order valence-electron chi connectivity index (χ2n) is 3.16. The normalized spacial score (nSPS) is 10.1. The molecule has 0 unspecified atom stereocenters. The number of halogens is 2. The van der Waals surface area contributed by atoms with Crippen LogP contribution in [0.4, 0.5) is 0 Å². The van der Waals surface area contributed by atoms with Crippen LogP contribution in [0.3, 0.4) is 0 Å². The fraction of sp³-hybridized carbons (Fsp3) is 0. The highest BCUT2D eigenvalue weighted by Crippen LogP contribution is 2.20. The number of rotatable bonds is 2. The van der Waals surface area contributed by atoms with Gasteiger partial charge in [-0.3, -0.25) is 4.79 Å². The standard InChI is InChI=1S/C12H7BrClNO/c13-9-6-7-10(15-12(9)14)11(16)8-4-2-1-3-5-8/h1-7H. The van der Waals surface area contributed by atoms with Gasteiger partial charge in [-0.1, -0.05) is 41.9 Å². The van der Waals surface area contributed by atoms with Crippen LogP contribution in [0, 0.1) is 0 Å². The summed E-state index contributed by atoms with van der Waals surface area (Å²) in [5.41, 5.74) is 0.952. The van der Waals surface area contributed by atoms with Crippen molar-refractivity contribution in [2.24, 2.45) is 0 Å². The average molecular weight is 297 g/mol. The van der Waals surface area contributed by atoms with Gasteiger partial charge in [0.15, 0.2) is 0 Å². The maximum Gasteiger partial charge on any atom is 0.211 e. The quantitative estimate of drug-likeness (QED) is 0.624. The first-order chi connectivity index (χ1) is 7.68. The Labute approximate surface area is 106 Å². The molecule has 2 rings (SSSR count). The molecule has 1 heterocycles. The molecule has 2 aromatic rings. The average Bonchev–Trinajstić information content (AvgIpc) is 2.33. The first-order valence-electron chi connectivity index (χ1n) is 4.60. The summed E-state index contributed by atoms with van der Waals surface area (Å²) < 4.78 is 0.679. The number of nitrogens with zero attached hydrogens (tertiary/aromatic N) is 1. The molecule has 0 aliphatic carbocycles. The number of ketones is 1. The second kappa shape index (κ2) is 4.76. The Morgan fingerprint density at radius 2 is 1.81 bits per heavy atom. The molecule has 0 saturated heterocycles. The van der Waals surface area contributed by atoms with E-state index in [1.807, 2.05) is 18.2 Å². The number of aromatic nitrogens is 1. The van der Waals surface area contributed by atoms with Crippen LogP contribution in [0.1, 0.15) is 16.1 Å². The second-order valence-corrected chi connectivity index (χ2v) is 4.38. The SMILES string of the molecule is O=C(c1ccccc1)c1ccc(Br)c(Cl)n1. The zero-order valence-corrected chi connectivity index (χ0v) is 10.5. The Balaban J connectivity index is 2.39. The van der Waals surface area contributed by atoms with E-state index in [1.165, 1.54) is 0 Å². The van der Waals surface area contributed by atoms with Crippen molar-refractivity contribution in [2.75, 3.05) is 0 Å². The number of carbonyl (C=O) groups is 1. The summed E-state index contributed by atoms with van der Waals surface area (Å²) in [5.74, 6) is -0.130. The summed E-state index contributed by atoms with van der Waals surface area (Å²) >= 11 is 9.06. The Bertz CT molecular complexity index is 528. The van der Waals surface area contributed by atoms with Crippen LogP contribution in [-0.4, -0.2) is 10.8 Å². The Morgan fingerprint density at radius 1 is 1.12 bits per heavy atom. The molecule has 0 N–H and O–H groups in total. The van der Waals surface area contributed by atoms with Gasteiger partial charge in [-0.05, 0) is 28.1 Å². The summed E-state index contributed by atoms with van der Waals surface area (Å²) in [6.45, 7) is 0. The smallest absolute Gasteiger partial charge is 0.211 e. The lowest BCUT2D eigenvalue weighted by atomic mass is 10.1. The van der Waals surface area contributed by atoms with Crippen LogP contribution < -0.4 is 0 Å². The molecular weight excluding hydrogens is 289 g/mol. The lowest BCUT2D eigenvalue weighted by Gasteiger charge is -2.01. The molecular formula is C12H7BrClNO. The molecule has 80 valence electrons. The maximum atomic E-state index is 12.0. The van der Waals surface area contributed by atoms with Crippen LogP contribution in [0.25, 0.3) is 0 Å². The van der Waals surface area contributed by atoms with Gasteiger partial charge in [-0.25, -0.2) is 4.98 Å². The number of pyridine rings is 1. The number of hydrogen-bond donors (Lipinski definition) is 0. The first-order valence-corrected chi connectivity index (χ1v) is 5.77. The molecule has 0 aliphatic heterocycles. The number of hydrogen-bond acceptors (Lipinski definition) is 2. The molecule has 0 fully saturated rings. The summed E-state index contributed by atoms with van der Waals surface area (Å²) in [4.78, 5) is 16.0. The van der Waals surface area contributed by atoms with Gasteiger partial charge >= 0.3 is 0 Å². The molecule has 0 atom stereocenters. The van der Waals surface area contributed by atoms with Crippen LogP contribution in [0.2, 0.25) is 5.15 Å². The topological polar surface area (TPSA) is 30.0 Å². The minimum atomic E-state index is -0.130. The first kappa shape index (κ1) is 11.3. The third kappa shape index (κ3) is 2.31. The van der Waals surface area contributed by atoms with Crippen molar-refractivity contribution in [1.29, 1.82) is 0 Å². The fourth-order valence-electron chi connectivity index (χ4n) is 1.28. The van der Waals surface area contributed by atoms with Crippen LogP contribution in [0.5, 0.6) is 0 Å². The number of carbonyl (C=O) groups excluding carboxylic acids is 1. The monoisotopic (exact) mass is 295 g/mol. The van der Waals surface area contributed by atoms with Crippen LogP contribution >= 0.6 is 27.5 Å². The molecule has 0 saturated carbocycles. The predicted molar refractivity (Wildman–Crippen MR) is 66.8 cm³/mol. The minimum absolute atomic E-state index is 0.130. The third-order valence-corrected chi connectivity index (χ3v) is 3.23. The van der Waals surface area contributed by atoms with E-state index in [2.05, 4.69) is 20.9 Å². The Hall–Kier alpha value is -1.19. The highest BCUT2D eigenvalue weighted by atomic mass is 79.9. The summed E-state index contributed by atoms with van der Waals surface area (Å²) in [6.07, 6.45) is 0. The van der Waals surface area contributed by atoms with E-state index in [0.717, 1.165) is 0 Å². The Morgan fingerprint density at radius 3 is 2.44 bits per heavy atom. The van der Waals surface area contributed by atoms with Gasteiger partial charge in [-0.2, -0.15) is 0 Å². The summed E-state index contributed by atoms with van der Waals surface area (Å²) in [5, 5.41) is 0.293.